The largest absolute Gasteiger partial charge is 0.384 e. The first-order valence-electron chi connectivity index (χ1n) is 8.98. The minimum Gasteiger partial charge on any atom is -0.384 e. The number of carbonyl (C=O) groups is 2. The Hall–Kier alpha value is -2.74. The number of amides is 2. The molecule has 3 atom stereocenters. The predicted molar refractivity (Wildman–Crippen MR) is 106 cm³/mol. The number of carbonyl (C=O) groups excluding carboxylic acids is 2. The summed E-state index contributed by atoms with van der Waals surface area (Å²) < 4.78 is 24.6. The molecule has 2 aromatic rings. The standard InChI is InChI=1S/C20H23N3O4S/c1-13(15-6-4-3-5-7-15)10-18(24)23-19(25)16(20(23)28(2,26)27)11-14-8-9-22-17(21)12-14/h3-9,12-13,16,20H,10-11H2,1-2H3,(H2,21,22)/t13-,16-,20+/m0/s1. The molecule has 1 aliphatic rings. The normalized spacial score (nSPS) is 20.5. The maximum absolute atomic E-state index is 12.7. The predicted octanol–water partition coefficient (Wildman–Crippen LogP) is 1.76. The van der Waals surface area contributed by atoms with Crippen LogP contribution in [0.25, 0.3) is 0 Å². The van der Waals surface area contributed by atoms with Crippen molar-refractivity contribution in [3.05, 3.63) is 59.8 Å². The number of pyridine rings is 1. The third-order valence-corrected chi connectivity index (χ3v) is 6.43. The van der Waals surface area contributed by atoms with E-state index in [4.69, 9.17) is 5.73 Å². The maximum Gasteiger partial charge on any atom is 0.236 e. The zero-order chi connectivity index (χ0) is 20.5. The van der Waals surface area contributed by atoms with Crippen LogP contribution in [0.2, 0.25) is 0 Å². The number of nitrogens with two attached hydrogens (primary N) is 1. The second-order valence-electron chi connectivity index (χ2n) is 7.24. The van der Waals surface area contributed by atoms with Crippen molar-refractivity contribution >= 4 is 27.5 Å². The number of benzene rings is 1. The van der Waals surface area contributed by atoms with Gasteiger partial charge in [0, 0.05) is 18.9 Å². The Kier molecular flexibility index (Phi) is 5.51. The summed E-state index contributed by atoms with van der Waals surface area (Å²) in [5.74, 6) is -1.56. The number of sulfone groups is 1. The number of β-lactam (4-membered cyclic amide) rings is 1. The number of likely N-dealkylation sites (tertiary alicyclic amines) is 1. The number of nitrogen functional groups attached to an aromatic ring is 1. The van der Waals surface area contributed by atoms with Gasteiger partial charge in [-0.1, -0.05) is 37.3 Å². The molecule has 0 unspecified atom stereocenters. The fourth-order valence-electron chi connectivity index (χ4n) is 3.60. The summed E-state index contributed by atoms with van der Waals surface area (Å²) in [5, 5.41) is -1.15. The molecule has 7 nitrogen and oxygen atoms in total. The molecule has 1 fully saturated rings. The molecule has 1 aliphatic heterocycles. The molecule has 1 saturated heterocycles. The number of hydrogen-bond acceptors (Lipinski definition) is 6. The van der Waals surface area contributed by atoms with Gasteiger partial charge in [-0.15, -0.1) is 0 Å². The molecule has 0 radical (unpaired) electrons. The molecular weight excluding hydrogens is 378 g/mol. The van der Waals surface area contributed by atoms with Gasteiger partial charge in [-0.3, -0.25) is 14.5 Å². The summed E-state index contributed by atoms with van der Waals surface area (Å²) >= 11 is 0. The minimum absolute atomic E-state index is 0.0662. The van der Waals surface area contributed by atoms with E-state index in [-0.39, 0.29) is 18.8 Å². The van der Waals surface area contributed by atoms with Gasteiger partial charge in [0.25, 0.3) is 0 Å². The Bertz CT molecular complexity index is 992. The molecule has 8 heteroatoms. The highest BCUT2D eigenvalue weighted by atomic mass is 32.2. The summed E-state index contributed by atoms with van der Waals surface area (Å²) in [7, 11) is -3.64. The fraction of sp³-hybridized carbons (Fsp3) is 0.350. The quantitative estimate of drug-likeness (QED) is 0.739. The average molecular weight is 401 g/mol. The Morgan fingerprint density at radius 1 is 1.25 bits per heavy atom. The third kappa shape index (κ3) is 4.06. The van der Waals surface area contributed by atoms with Crippen molar-refractivity contribution in [2.24, 2.45) is 5.92 Å². The Labute approximate surface area is 164 Å². The molecular formula is C20H23N3O4S. The molecule has 0 spiro atoms. The first-order valence-corrected chi connectivity index (χ1v) is 10.9. The molecule has 148 valence electrons. The zero-order valence-corrected chi connectivity index (χ0v) is 16.6. The van der Waals surface area contributed by atoms with Gasteiger partial charge in [0.1, 0.15) is 5.82 Å². The highest BCUT2D eigenvalue weighted by molar-refractivity contribution is 7.91. The van der Waals surface area contributed by atoms with Crippen molar-refractivity contribution in [3.8, 4) is 0 Å². The van der Waals surface area contributed by atoms with Crippen LogP contribution in [0.5, 0.6) is 0 Å². The summed E-state index contributed by atoms with van der Waals surface area (Å²) in [6, 6.07) is 12.7. The van der Waals surface area contributed by atoms with E-state index in [1.165, 1.54) is 6.20 Å². The molecule has 0 saturated carbocycles. The average Bonchev–Trinajstić information content (AvgIpc) is 2.63. The van der Waals surface area contributed by atoms with Crippen molar-refractivity contribution in [1.29, 1.82) is 0 Å². The van der Waals surface area contributed by atoms with Crippen LogP contribution in [0.1, 0.15) is 30.4 Å². The number of nitrogens with zero attached hydrogens (tertiary/aromatic N) is 2. The molecule has 0 bridgehead atoms. The van der Waals surface area contributed by atoms with Gasteiger partial charge in [0.2, 0.25) is 11.8 Å². The van der Waals surface area contributed by atoms with Crippen molar-refractivity contribution in [2.75, 3.05) is 12.0 Å². The number of rotatable bonds is 6. The minimum atomic E-state index is -3.64. The summed E-state index contributed by atoms with van der Waals surface area (Å²) in [6.45, 7) is 1.88. The van der Waals surface area contributed by atoms with Crippen LogP contribution in [-0.4, -0.2) is 41.7 Å². The van der Waals surface area contributed by atoms with Crippen LogP contribution < -0.4 is 5.73 Å². The van der Waals surface area contributed by atoms with Gasteiger partial charge in [-0.2, -0.15) is 0 Å². The van der Waals surface area contributed by atoms with Gasteiger partial charge in [-0.05, 0) is 35.6 Å². The fourth-order valence-corrected chi connectivity index (χ4v) is 5.02. The summed E-state index contributed by atoms with van der Waals surface area (Å²) in [6.07, 6.45) is 2.82. The highest BCUT2D eigenvalue weighted by Gasteiger charge is 2.55. The maximum atomic E-state index is 12.7. The van der Waals surface area contributed by atoms with E-state index in [2.05, 4.69) is 4.98 Å². The van der Waals surface area contributed by atoms with E-state index in [0.717, 1.165) is 16.7 Å². The second kappa shape index (κ2) is 7.71. The van der Waals surface area contributed by atoms with Crippen molar-refractivity contribution in [2.45, 2.75) is 31.1 Å². The Balaban J connectivity index is 1.77. The third-order valence-electron chi connectivity index (χ3n) is 5.01. The number of aromatic nitrogens is 1. The van der Waals surface area contributed by atoms with E-state index in [1.807, 2.05) is 37.3 Å². The van der Waals surface area contributed by atoms with Gasteiger partial charge < -0.3 is 5.73 Å². The Morgan fingerprint density at radius 2 is 1.93 bits per heavy atom. The highest BCUT2D eigenvalue weighted by Crippen LogP contribution is 2.35. The lowest BCUT2D eigenvalue weighted by Crippen LogP contribution is -2.66. The number of imide groups is 1. The van der Waals surface area contributed by atoms with Crippen LogP contribution in [0, 0.1) is 5.92 Å². The number of hydrogen-bond donors (Lipinski definition) is 1. The van der Waals surface area contributed by atoms with E-state index in [0.29, 0.717) is 11.4 Å². The lowest BCUT2D eigenvalue weighted by molar-refractivity contribution is -0.161. The van der Waals surface area contributed by atoms with Crippen molar-refractivity contribution < 1.29 is 18.0 Å². The van der Waals surface area contributed by atoms with Gasteiger partial charge in [-0.25, -0.2) is 13.4 Å². The van der Waals surface area contributed by atoms with Crippen LogP contribution in [0.15, 0.2) is 48.7 Å². The topological polar surface area (TPSA) is 110 Å². The summed E-state index contributed by atoms with van der Waals surface area (Å²) in [4.78, 5) is 30.2. The van der Waals surface area contributed by atoms with Crippen LogP contribution in [0.4, 0.5) is 5.82 Å². The molecule has 3 rings (SSSR count). The molecule has 28 heavy (non-hydrogen) atoms. The Morgan fingerprint density at radius 3 is 2.54 bits per heavy atom. The monoisotopic (exact) mass is 401 g/mol. The van der Waals surface area contributed by atoms with E-state index in [9.17, 15) is 18.0 Å². The molecule has 2 amide bonds. The molecule has 0 aliphatic carbocycles. The van der Waals surface area contributed by atoms with E-state index >= 15 is 0 Å². The molecule has 2 N–H and O–H groups in total. The van der Waals surface area contributed by atoms with Gasteiger partial charge in [0.15, 0.2) is 15.2 Å². The van der Waals surface area contributed by atoms with Crippen molar-refractivity contribution in [3.63, 3.8) is 0 Å². The zero-order valence-electron chi connectivity index (χ0n) is 15.8. The van der Waals surface area contributed by atoms with Crippen LogP contribution in [0.3, 0.4) is 0 Å². The van der Waals surface area contributed by atoms with Crippen LogP contribution in [-0.2, 0) is 25.8 Å². The first kappa shape index (κ1) is 20.0. The molecule has 2 heterocycles. The molecule has 1 aromatic carbocycles. The van der Waals surface area contributed by atoms with Gasteiger partial charge in [0.05, 0.1) is 5.92 Å². The summed E-state index contributed by atoms with van der Waals surface area (Å²) in [5.41, 5.74) is 7.33. The van der Waals surface area contributed by atoms with Gasteiger partial charge >= 0.3 is 0 Å². The lowest BCUT2D eigenvalue weighted by atomic mass is 9.89. The first-order chi connectivity index (χ1) is 13.2. The van der Waals surface area contributed by atoms with E-state index < -0.39 is 32.9 Å². The lowest BCUT2D eigenvalue weighted by Gasteiger charge is -2.44. The smallest absolute Gasteiger partial charge is 0.236 e. The second-order valence-corrected chi connectivity index (χ2v) is 9.38. The SMILES string of the molecule is C[C@@H](CC(=O)N1C(=O)[C@H](Cc2ccnc(N)c2)[C@H]1S(C)(=O)=O)c1ccccc1. The number of anilines is 1. The van der Waals surface area contributed by atoms with Crippen molar-refractivity contribution in [1.82, 2.24) is 9.88 Å². The molecule has 1 aromatic heterocycles. The van der Waals surface area contributed by atoms with Crippen LogP contribution >= 0.6 is 0 Å². The van der Waals surface area contributed by atoms with E-state index in [1.54, 1.807) is 12.1 Å².